The van der Waals surface area contributed by atoms with Crippen LogP contribution >= 0.6 is 11.3 Å². The molecule has 0 unspecified atom stereocenters. The maximum Gasteiger partial charge on any atom is 0.266 e. The van der Waals surface area contributed by atoms with E-state index < -0.39 is 11.6 Å². The second-order valence-electron chi connectivity index (χ2n) is 6.96. The van der Waals surface area contributed by atoms with Gasteiger partial charge in [-0.1, -0.05) is 30.3 Å². The number of benzene rings is 2. The van der Waals surface area contributed by atoms with Crippen LogP contribution in [0.4, 0.5) is 8.78 Å². The number of thiazole rings is 1. The van der Waals surface area contributed by atoms with Gasteiger partial charge in [0.2, 0.25) is 0 Å². The van der Waals surface area contributed by atoms with Crippen molar-refractivity contribution >= 4 is 17.2 Å². The van der Waals surface area contributed by atoms with Gasteiger partial charge in [-0.3, -0.25) is 4.79 Å². The summed E-state index contributed by atoms with van der Waals surface area (Å²) in [5.74, 6) is -1.35. The Hall–Kier alpha value is -2.80. The molecule has 2 aromatic carbocycles. The molecule has 0 saturated carbocycles. The van der Waals surface area contributed by atoms with E-state index in [1.807, 2.05) is 37.3 Å². The summed E-state index contributed by atoms with van der Waals surface area (Å²) in [6, 6.07) is 13.0. The second kappa shape index (κ2) is 8.29. The van der Waals surface area contributed by atoms with E-state index in [0.717, 1.165) is 16.6 Å². The fourth-order valence-electron chi connectivity index (χ4n) is 3.43. The van der Waals surface area contributed by atoms with Crippen LogP contribution < -0.4 is 4.74 Å². The van der Waals surface area contributed by atoms with Gasteiger partial charge in [-0.25, -0.2) is 13.8 Å². The van der Waals surface area contributed by atoms with E-state index in [4.69, 9.17) is 4.74 Å². The smallest absolute Gasteiger partial charge is 0.266 e. The molecule has 29 heavy (non-hydrogen) atoms. The highest BCUT2D eigenvalue weighted by molar-refractivity contribution is 7.14. The predicted octanol–water partition coefficient (Wildman–Crippen LogP) is 5.08. The Labute approximate surface area is 171 Å². The van der Waals surface area contributed by atoms with Crippen molar-refractivity contribution in [1.29, 1.82) is 0 Å². The summed E-state index contributed by atoms with van der Waals surface area (Å²) in [5, 5.41) is 0.845. The zero-order valence-corrected chi connectivity index (χ0v) is 16.7. The van der Waals surface area contributed by atoms with Gasteiger partial charge in [0.15, 0.2) is 11.6 Å². The lowest BCUT2D eigenvalue weighted by molar-refractivity contribution is 0.0593. The molecule has 1 aliphatic heterocycles. The zero-order chi connectivity index (χ0) is 20.4. The molecule has 1 aromatic heterocycles. The van der Waals surface area contributed by atoms with Crippen molar-refractivity contribution in [2.75, 3.05) is 13.1 Å². The van der Waals surface area contributed by atoms with E-state index in [0.29, 0.717) is 36.5 Å². The van der Waals surface area contributed by atoms with Crippen molar-refractivity contribution in [3.63, 3.8) is 0 Å². The lowest BCUT2D eigenvalue weighted by Crippen LogP contribution is -2.41. The van der Waals surface area contributed by atoms with Gasteiger partial charge in [0, 0.05) is 37.6 Å². The average Bonchev–Trinajstić information content (AvgIpc) is 3.12. The first-order chi connectivity index (χ1) is 14.0. The quantitative estimate of drug-likeness (QED) is 0.598. The van der Waals surface area contributed by atoms with E-state index in [9.17, 15) is 13.6 Å². The summed E-state index contributed by atoms with van der Waals surface area (Å²) < 4.78 is 32.5. The Kier molecular flexibility index (Phi) is 5.58. The fraction of sp³-hybridized carbons (Fsp3) is 0.273. The number of halogens is 2. The molecule has 1 amide bonds. The summed E-state index contributed by atoms with van der Waals surface area (Å²) in [6.07, 6.45) is 0.956. The highest BCUT2D eigenvalue weighted by atomic mass is 32.1. The third kappa shape index (κ3) is 4.29. The van der Waals surface area contributed by atoms with E-state index in [1.165, 1.54) is 23.5 Å². The topological polar surface area (TPSA) is 42.4 Å². The SMILES string of the molecule is Cc1nc(-c2ccccc2)c(C(=O)N2CCC(Oc3ccc(F)cc3F)CC2)s1. The van der Waals surface area contributed by atoms with Gasteiger partial charge in [-0.15, -0.1) is 11.3 Å². The van der Waals surface area contributed by atoms with Crippen LogP contribution in [-0.2, 0) is 0 Å². The highest BCUT2D eigenvalue weighted by Crippen LogP contribution is 2.30. The number of aryl methyl sites for hydroxylation is 1. The number of hydrogen-bond acceptors (Lipinski definition) is 4. The van der Waals surface area contributed by atoms with E-state index in [-0.39, 0.29) is 17.8 Å². The summed E-state index contributed by atoms with van der Waals surface area (Å²) in [5.41, 5.74) is 1.63. The van der Waals surface area contributed by atoms with Gasteiger partial charge in [-0.05, 0) is 19.1 Å². The highest BCUT2D eigenvalue weighted by Gasteiger charge is 2.28. The van der Waals surface area contributed by atoms with Gasteiger partial charge in [0.25, 0.3) is 5.91 Å². The van der Waals surface area contributed by atoms with Crippen molar-refractivity contribution in [1.82, 2.24) is 9.88 Å². The standard InChI is InChI=1S/C22H20F2N2O2S/c1-14-25-20(15-5-3-2-4-6-15)21(29-14)22(27)26-11-9-17(10-12-26)28-19-8-7-16(23)13-18(19)24/h2-8,13,17H,9-12H2,1H3. The molecule has 0 atom stereocenters. The van der Waals surface area contributed by atoms with Gasteiger partial charge < -0.3 is 9.64 Å². The van der Waals surface area contributed by atoms with Crippen molar-refractivity contribution in [3.8, 4) is 17.0 Å². The molecule has 1 aliphatic rings. The Bertz CT molecular complexity index is 1010. The Morgan fingerprint density at radius 1 is 1.14 bits per heavy atom. The van der Waals surface area contributed by atoms with Crippen molar-refractivity contribution < 1.29 is 18.3 Å². The van der Waals surface area contributed by atoms with Crippen molar-refractivity contribution in [3.05, 3.63) is 70.1 Å². The Morgan fingerprint density at radius 3 is 2.55 bits per heavy atom. The summed E-state index contributed by atoms with van der Waals surface area (Å²) in [7, 11) is 0. The van der Waals surface area contributed by atoms with E-state index in [2.05, 4.69) is 4.98 Å². The van der Waals surface area contributed by atoms with Gasteiger partial charge in [0.05, 0.1) is 10.7 Å². The van der Waals surface area contributed by atoms with Crippen LogP contribution in [0.5, 0.6) is 5.75 Å². The summed E-state index contributed by atoms with van der Waals surface area (Å²) >= 11 is 1.40. The summed E-state index contributed by atoms with van der Waals surface area (Å²) in [4.78, 5) is 20.1. The Morgan fingerprint density at radius 2 is 1.86 bits per heavy atom. The lowest BCUT2D eigenvalue weighted by Gasteiger charge is -2.32. The normalized spacial score (nSPS) is 14.8. The first-order valence-electron chi connectivity index (χ1n) is 9.45. The van der Waals surface area contributed by atoms with Crippen LogP contribution in [0.3, 0.4) is 0 Å². The molecule has 0 spiro atoms. The number of hydrogen-bond donors (Lipinski definition) is 0. The number of amides is 1. The maximum atomic E-state index is 13.8. The van der Waals surface area contributed by atoms with Crippen LogP contribution in [0.15, 0.2) is 48.5 Å². The van der Waals surface area contributed by atoms with Gasteiger partial charge in [0.1, 0.15) is 16.8 Å². The number of aromatic nitrogens is 1. The van der Waals surface area contributed by atoms with Crippen LogP contribution in [0.2, 0.25) is 0 Å². The van der Waals surface area contributed by atoms with Gasteiger partial charge >= 0.3 is 0 Å². The molecular formula is C22H20F2N2O2S. The molecule has 3 aromatic rings. The molecule has 150 valence electrons. The Balaban J connectivity index is 1.43. The average molecular weight is 414 g/mol. The number of nitrogens with zero attached hydrogens (tertiary/aromatic N) is 2. The number of piperidine rings is 1. The maximum absolute atomic E-state index is 13.8. The number of likely N-dealkylation sites (tertiary alicyclic amines) is 1. The summed E-state index contributed by atoms with van der Waals surface area (Å²) in [6.45, 7) is 2.92. The second-order valence-corrected chi connectivity index (χ2v) is 8.16. The molecule has 4 rings (SSSR count). The third-order valence-corrected chi connectivity index (χ3v) is 5.85. The van der Waals surface area contributed by atoms with Crippen LogP contribution in [0.25, 0.3) is 11.3 Å². The molecule has 1 fully saturated rings. The van der Waals surface area contributed by atoms with Gasteiger partial charge in [-0.2, -0.15) is 0 Å². The third-order valence-electron chi connectivity index (χ3n) is 4.89. The van der Waals surface area contributed by atoms with Crippen LogP contribution in [0.1, 0.15) is 27.5 Å². The fourth-order valence-corrected chi connectivity index (χ4v) is 4.34. The predicted molar refractivity (Wildman–Crippen MR) is 108 cm³/mol. The molecule has 0 aliphatic carbocycles. The minimum absolute atomic E-state index is 0.0409. The number of carbonyl (C=O) groups is 1. The van der Waals surface area contributed by atoms with E-state index >= 15 is 0 Å². The lowest BCUT2D eigenvalue weighted by atomic mass is 10.1. The molecule has 0 N–H and O–H groups in total. The van der Waals surface area contributed by atoms with Crippen molar-refractivity contribution in [2.24, 2.45) is 0 Å². The zero-order valence-electron chi connectivity index (χ0n) is 15.9. The molecule has 7 heteroatoms. The molecule has 0 bridgehead atoms. The minimum Gasteiger partial charge on any atom is -0.487 e. The first-order valence-corrected chi connectivity index (χ1v) is 10.3. The largest absolute Gasteiger partial charge is 0.487 e. The first kappa shape index (κ1) is 19.5. The molecule has 0 radical (unpaired) electrons. The molecule has 1 saturated heterocycles. The monoisotopic (exact) mass is 414 g/mol. The van der Waals surface area contributed by atoms with Crippen LogP contribution in [0, 0.1) is 18.6 Å². The molecular weight excluding hydrogens is 394 g/mol. The molecule has 2 heterocycles. The number of ether oxygens (including phenoxy) is 1. The van der Waals surface area contributed by atoms with E-state index in [1.54, 1.807) is 4.90 Å². The number of rotatable bonds is 4. The van der Waals surface area contributed by atoms with Crippen LogP contribution in [-0.4, -0.2) is 35.0 Å². The number of carbonyl (C=O) groups excluding carboxylic acids is 1. The minimum atomic E-state index is -0.712. The molecule has 4 nitrogen and oxygen atoms in total. The van der Waals surface area contributed by atoms with Crippen molar-refractivity contribution in [2.45, 2.75) is 25.9 Å².